The number of hydrogen-bond acceptors (Lipinski definition) is 1. The minimum absolute atomic E-state index is 0.00496. The molecule has 1 rings (SSSR count). The fraction of sp³-hybridized carbons (Fsp3) is 0.200. The van der Waals surface area contributed by atoms with E-state index in [9.17, 15) is 4.39 Å². The van der Waals surface area contributed by atoms with E-state index in [4.69, 9.17) is 16.7 Å². The van der Waals surface area contributed by atoms with E-state index in [1.54, 1.807) is 19.1 Å². The Morgan fingerprint density at radius 1 is 1.62 bits per heavy atom. The average Bonchev–Trinajstić information content (AvgIpc) is 2.11. The zero-order valence-corrected chi connectivity index (χ0v) is 7.98. The molecule has 0 aliphatic heterocycles. The first-order chi connectivity index (χ1) is 6.13. The Balaban J connectivity index is 2.98. The van der Waals surface area contributed by atoms with Gasteiger partial charge in [0.2, 0.25) is 0 Å². The predicted octanol–water partition coefficient (Wildman–Crippen LogP) is 2.87. The van der Waals surface area contributed by atoms with Crippen LogP contribution >= 0.6 is 11.6 Å². The van der Waals surface area contributed by atoms with E-state index in [0.29, 0.717) is 0 Å². The van der Waals surface area contributed by atoms with Crippen LogP contribution in [0.2, 0.25) is 5.02 Å². The van der Waals surface area contributed by atoms with Gasteiger partial charge in [-0.3, -0.25) is 0 Å². The Hall–Kier alpha value is -0.860. The first kappa shape index (κ1) is 10.2. The molecule has 0 unspecified atom stereocenters. The molecule has 0 fully saturated rings. The molecule has 0 bridgehead atoms. The summed E-state index contributed by atoms with van der Waals surface area (Å²) in [6, 6.07) is 4.44. The predicted molar refractivity (Wildman–Crippen MR) is 52.1 cm³/mol. The van der Waals surface area contributed by atoms with E-state index in [1.165, 1.54) is 12.1 Å². The van der Waals surface area contributed by atoms with Gasteiger partial charge in [0.05, 0.1) is 11.6 Å². The molecule has 0 amide bonds. The Kier molecular flexibility index (Phi) is 3.46. The monoisotopic (exact) mass is 200 g/mol. The van der Waals surface area contributed by atoms with Crippen molar-refractivity contribution in [1.82, 2.24) is 0 Å². The van der Waals surface area contributed by atoms with Gasteiger partial charge in [0.25, 0.3) is 0 Å². The van der Waals surface area contributed by atoms with E-state index < -0.39 is 5.82 Å². The molecule has 0 atom stereocenters. The molecule has 1 aromatic carbocycles. The minimum Gasteiger partial charge on any atom is -0.392 e. The first-order valence-corrected chi connectivity index (χ1v) is 4.24. The molecular weight excluding hydrogens is 191 g/mol. The van der Waals surface area contributed by atoms with Crippen LogP contribution in [0.1, 0.15) is 12.5 Å². The van der Waals surface area contributed by atoms with Gasteiger partial charge in [-0.1, -0.05) is 23.7 Å². The molecule has 70 valence electrons. The SMILES string of the molecule is C/C(=C/c1ccc(F)c(Cl)c1)CO. The van der Waals surface area contributed by atoms with Gasteiger partial charge < -0.3 is 5.11 Å². The van der Waals surface area contributed by atoms with Gasteiger partial charge in [0.1, 0.15) is 5.82 Å². The van der Waals surface area contributed by atoms with Gasteiger partial charge >= 0.3 is 0 Å². The van der Waals surface area contributed by atoms with Gasteiger partial charge in [-0.05, 0) is 30.2 Å². The molecular formula is C10H10ClFO. The Labute approximate surface area is 81.5 Å². The summed E-state index contributed by atoms with van der Waals surface area (Å²) in [5.41, 5.74) is 1.60. The van der Waals surface area contributed by atoms with Crippen LogP contribution in [0, 0.1) is 5.82 Å². The summed E-state index contributed by atoms with van der Waals surface area (Å²) in [6.07, 6.45) is 1.76. The van der Waals surface area contributed by atoms with Crippen molar-refractivity contribution >= 4 is 17.7 Å². The second kappa shape index (κ2) is 4.40. The number of rotatable bonds is 2. The largest absolute Gasteiger partial charge is 0.392 e. The van der Waals surface area contributed by atoms with Crippen molar-refractivity contribution in [3.63, 3.8) is 0 Å². The lowest BCUT2D eigenvalue weighted by Gasteiger charge is -1.98. The van der Waals surface area contributed by atoms with Gasteiger partial charge in [-0.15, -0.1) is 0 Å². The summed E-state index contributed by atoms with van der Waals surface area (Å²) < 4.78 is 12.7. The number of benzene rings is 1. The lowest BCUT2D eigenvalue weighted by atomic mass is 10.1. The Morgan fingerprint density at radius 2 is 2.31 bits per heavy atom. The normalized spacial score (nSPS) is 11.8. The van der Waals surface area contributed by atoms with E-state index >= 15 is 0 Å². The van der Waals surface area contributed by atoms with Crippen LogP contribution in [0.25, 0.3) is 6.08 Å². The molecule has 1 aromatic rings. The molecule has 0 spiro atoms. The van der Waals surface area contributed by atoms with Crippen molar-refractivity contribution in [1.29, 1.82) is 0 Å². The van der Waals surface area contributed by atoms with Crippen molar-refractivity contribution < 1.29 is 9.50 Å². The highest BCUT2D eigenvalue weighted by molar-refractivity contribution is 6.30. The van der Waals surface area contributed by atoms with Crippen LogP contribution in [0.3, 0.4) is 0 Å². The molecule has 0 aromatic heterocycles. The molecule has 1 N–H and O–H groups in total. The van der Waals surface area contributed by atoms with Crippen LogP contribution in [0.15, 0.2) is 23.8 Å². The van der Waals surface area contributed by atoms with Gasteiger partial charge in [0, 0.05) is 0 Å². The summed E-state index contributed by atoms with van der Waals surface area (Å²) in [5.74, 6) is -0.430. The Bertz CT molecular complexity index is 334. The minimum atomic E-state index is -0.430. The second-order valence-electron chi connectivity index (χ2n) is 2.82. The van der Waals surface area contributed by atoms with E-state index in [-0.39, 0.29) is 11.6 Å². The lowest BCUT2D eigenvalue weighted by Crippen LogP contribution is -1.84. The van der Waals surface area contributed by atoms with Gasteiger partial charge in [-0.2, -0.15) is 0 Å². The third-order valence-electron chi connectivity index (χ3n) is 1.61. The standard InChI is InChI=1S/C10H10ClFO/c1-7(6-13)4-8-2-3-10(12)9(11)5-8/h2-5,13H,6H2,1H3/b7-4-. The zero-order valence-electron chi connectivity index (χ0n) is 7.22. The van der Waals surface area contributed by atoms with Crippen molar-refractivity contribution in [3.8, 4) is 0 Å². The third-order valence-corrected chi connectivity index (χ3v) is 1.90. The van der Waals surface area contributed by atoms with Crippen molar-refractivity contribution in [2.24, 2.45) is 0 Å². The maximum Gasteiger partial charge on any atom is 0.141 e. The maximum absolute atomic E-state index is 12.7. The molecule has 1 nitrogen and oxygen atoms in total. The lowest BCUT2D eigenvalue weighted by molar-refractivity contribution is 0.332. The molecule has 0 saturated heterocycles. The van der Waals surface area contributed by atoms with Crippen LogP contribution in [0.4, 0.5) is 4.39 Å². The van der Waals surface area contributed by atoms with Crippen LogP contribution in [0.5, 0.6) is 0 Å². The third kappa shape index (κ3) is 2.83. The quantitative estimate of drug-likeness (QED) is 0.779. The summed E-state index contributed by atoms with van der Waals surface area (Å²) in [4.78, 5) is 0. The Morgan fingerprint density at radius 3 is 2.85 bits per heavy atom. The molecule has 0 saturated carbocycles. The van der Waals surface area contributed by atoms with Crippen molar-refractivity contribution in [3.05, 3.63) is 40.2 Å². The smallest absolute Gasteiger partial charge is 0.141 e. The average molecular weight is 201 g/mol. The molecule has 0 aliphatic carbocycles. The molecule has 13 heavy (non-hydrogen) atoms. The van der Waals surface area contributed by atoms with E-state index in [2.05, 4.69) is 0 Å². The number of aliphatic hydroxyl groups is 1. The summed E-state index contributed by atoms with van der Waals surface area (Å²) >= 11 is 5.57. The molecule has 0 heterocycles. The molecule has 0 radical (unpaired) electrons. The highest BCUT2D eigenvalue weighted by Crippen LogP contribution is 2.17. The fourth-order valence-corrected chi connectivity index (χ4v) is 1.12. The van der Waals surface area contributed by atoms with Gasteiger partial charge in [-0.25, -0.2) is 4.39 Å². The van der Waals surface area contributed by atoms with E-state index in [1.807, 2.05) is 0 Å². The van der Waals surface area contributed by atoms with Gasteiger partial charge in [0.15, 0.2) is 0 Å². The highest BCUT2D eigenvalue weighted by atomic mass is 35.5. The zero-order chi connectivity index (χ0) is 9.84. The van der Waals surface area contributed by atoms with Crippen molar-refractivity contribution in [2.75, 3.05) is 6.61 Å². The number of aliphatic hydroxyl groups excluding tert-OH is 1. The summed E-state index contributed by atoms with van der Waals surface area (Å²) in [5, 5.41) is 8.84. The second-order valence-corrected chi connectivity index (χ2v) is 3.23. The number of halogens is 2. The molecule has 3 heteroatoms. The fourth-order valence-electron chi connectivity index (χ4n) is 0.932. The topological polar surface area (TPSA) is 20.2 Å². The van der Waals surface area contributed by atoms with Crippen LogP contribution in [-0.4, -0.2) is 11.7 Å². The van der Waals surface area contributed by atoms with Crippen LogP contribution in [-0.2, 0) is 0 Å². The number of hydrogen-bond donors (Lipinski definition) is 1. The van der Waals surface area contributed by atoms with E-state index in [0.717, 1.165) is 11.1 Å². The van der Waals surface area contributed by atoms with Crippen LogP contribution < -0.4 is 0 Å². The summed E-state index contributed by atoms with van der Waals surface area (Å²) in [7, 11) is 0. The first-order valence-electron chi connectivity index (χ1n) is 3.86. The summed E-state index contributed by atoms with van der Waals surface area (Å²) in [6.45, 7) is 1.78. The highest BCUT2D eigenvalue weighted by Gasteiger charge is 1.98. The molecule has 0 aliphatic rings. The van der Waals surface area contributed by atoms with Crippen molar-refractivity contribution in [2.45, 2.75) is 6.92 Å². The maximum atomic E-state index is 12.7.